The lowest BCUT2D eigenvalue weighted by atomic mass is 9.90. The molecule has 3 heterocycles. The number of aryl methyl sites for hydroxylation is 1. The molecule has 0 bridgehead atoms. The first-order valence-electron chi connectivity index (χ1n) is 11.5. The number of ether oxygens (including phenoxy) is 1. The van der Waals surface area contributed by atoms with Crippen LogP contribution in [0.4, 0.5) is 0 Å². The summed E-state index contributed by atoms with van der Waals surface area (Å²) >= 11 is 5.97. The Morgan fingerprint density at radius 2 is 2.00 bits per heavy atom. The fraction of sp³-hybridized carbons (Fsp3) is 0.583. The number of nitrogens with one attached hydrogen (secondary N) is 1. The Bertz CT molecular complexity index is 920. The molecule has 0 aliphatic carbocycles. The molecule has 7 nitrogen and oxygen atoms in total. The topological polar surface area (TPSA) is 70.8 Å². The number of hydrogen-bond donors (Lipinski definition) is 1. The van der Waals surface area contributed by atoms with Crippen molar-refractivity contribution in [3.8, 4) is 11.5 Å². The third-order valence-corrected chi connectivity index (χ3v) is 6.80. The number of rotatable bonds is 9. The van der Waals surface area contributed by atoms with Crippen LogP contribution in [0, 0.1) is 6.92 Å². The summed E-state index contributed by atoms with van der Waals surface area (Å²) in [5, 5.41) is 3.73. The highest BCUT2D eigenvalue weighted by Gasteiger charge is 2.51. The van der Waals surface area contributed by atoms with Gasteiger partial charge in [-0.2, -0.15) is 0 Å². The number of nitrogens with zero attached hydrogens (tertiary/aromatic N) is 3. The number of likely N-dealkylation sites (N-methyl/N-ethyl adjacent to an activating group) is 1. The van der Waals surface area contributed by atoms with Gasteiger partial charge in [0.05, 0.1) is 11.3 Å². The van der Waals surface area contributed by atoms with E-state index < -0.39 is 0 Å². The molecule has 1 atom stereocenters. The highest BCUT2D eigenvalue weighted by molar-refractivity contribution is 6.30. The van der Waals surface area contributed by atoms with E-state index in [1.165, 1.54) is 0 Å². The molecular weight excluding hydrogens is 428 g/mol. The molecule has 2 saturated heterocycles. The lowest BCUT2D eigenvalue weighted by Crippen LogP contribution is -2.61. The van der Waals surface area contributed by atoms with Gasteiger partial charge in [-0.3, -0.25) is 9.69 Å². The summed E-state index contributed by atoms with van der Waals surface area (Å²) in [5.74, 6) is 1.46. The van der Waals surface area contributed by atoms with E-state index in [0.717, 1.165) is 69.1 Å². The van der Waals surface area contributed by atoms with Crippen molar-refractivity contribution in [2.24, 2.45) is 0 Å². The minimum absolute atomic E-state index is 0.0208. The average Bonchev–Trinajstić information content (AvgIpc) is 3.36. The zero-order valence-corrected chi connectivity index (χ0v) is 20.0. The van der Waals surface area contributed by atoms with Crippen molar-refractivity contribution >= 4 is 17.5 Å². The summed E-state index contributed by atoms with van der Waals surface area (Å²) in [6, 6.07) is 7.50. The minimum Gasteiger partial charge on any atom is -0.441 e. The Kier molecular flexibility index (Phi) is 7.20. The van der Waals surface area contributed by atoms with Gasteiger partial charge in [0.2, 0.25) is 11.8 Å². The Morgan fingerprint density at radius 1 is 1.28 bits per heavy atom. The van der Waals surface area contributed by atoms with E-state index in [0.29, 0.717) is 17.5 Å². The molecule has 1 spiro atoms. The smallest absolute Gasteiger partial charge is 0.249 e. The van der Waals surface area contributed by atoms with Crippen LogP contribution in [-0.4, -0.2) is 71.7 Å². The van der Waals surface area contributed by atoms with Gasteiger partial charge in [-0.15, -0.1) is 0 Å². The molecule has 1 unspecified atom stereocenters. The Balaban J connectivity index is 1.25. The summed E-state index contributed by atoms with van der Waals surface area (Å²) < 4.78 is 12.1. The highest BCUT2D eigenvalue weighted by Crippen LogP contribution is 2.39. The van der Waals surface area contributed by atoms with Crippen LogP contribution in [0.15, 0.2) is 28.7 Å². The highest BCUT2D eigenvalue weighted by atomic mass is 35.5. The molecule has 174 valence electrons. The minimum atomic E-state index is -0.334. The van der Waals surface area contributed by atoms with Crippen LogP contribution in [0.2, 0.25) is 5.02 Å². The molecule has 1 aromatic heterocycles. The predicted molar refractivity (Wildman–Crippen MR) is 125 cm³/mol. The lowest BCUT2D eigenvalue weighted by Gasteiger charge is -2.47. The van der Waals surface area contributed by atoms with E-state index in [1.54, 1.807) is 0 Å². The van der Waals surface area contributed by atoms with Gasteiger partial charge in [-0.1, -0.05) is 25.4 Å². The third kappa shape index (κ3) is 5.17. The van der Waals surface area contributed by atoms with E-state index in [-0.39, 0.29) is 17.6 Å². The first-order valence-corrected chi connectivity index (χ1v) is 11.9. The van der Waals surface area contributed by atoms with Crippen molar-refractivity contribution in [1.82, 2.24) is 20.1 Å². The number of benzene rings is 1. The summed E-state index contributed by atoms with van der Waals surface area (Å²) in [7, 11) is 0. The molecule has 1 aromatic carbocycles. The number of likely N-dealkylation sites (tertiary alicyclic amines) is 1. The van der Waals surface area contributed by atoms with Crippen LogP contribution >= 0.6 is 11.6 Å². The number of halogens is 1. The van der Waals surface area contributed by atoms with Gasteiger partial charge in [-0.05, 0) is 57.1 Å². The van der Waals surface area contributed by atoms with Crippen LogP contribution in [0.3, 0.4) is 0 Å². The van der Waals surface area contributed by atoms with Crippen molar-refractivity contribution in [2.75, 3.05) is 39.3 Å². The van der Waals surface area contributed by atoms with Crippen LogP contribution < -0.4 is 5.32 Å². The summed E-state index contributed by atoms with van der Waals surface area (Å²) in [6.45, 7) is 12.1. The summed E-state index contributed by atoms with van der Waals surface area (Å²) in [4.78, 5) is 21.8. The summed E-state index contributed by atoms with van der Waals surface area (Å²) in [5.41, 5.74) is 1.66. The monoisotopic (exact) mass is 460 g/mol. The Hall–Kier alpha value is -1.93. The molecule has 1 amide bonds. The molecule has 2 aliphatic heterocycles. The van der Waals surface area contributed by atoms with E-state index in [9.17, 15) is 4.79 Å². The number of carbonyl (C=O) groups excluding carboxylic acids is 1. The van der Waals surface area contributed by atoms with Crippen molar-refractivity contribution < 1.29 is 13.9 Å². The second-order valence-corrected chi connectivity index (χ2v) is 9.26. The summed E-state index contributed by atoms with van der Waals surface area (Å²) in [6.07, 6.45) is 1.37. The van der Waals surface area contributed by atoms with Crippen molar-refractivity contribution in [1.29, 1.82) is 0 Å². The van der Waals surface area contributed by atoms with E-state index >= 15 is 0 Å². The fourth-order valence-electron chi connectivity index (χ4n) is 4.60. The van der Waals surface area contributed by atoms with Crippen LogP contribution in [0.5, 0.6) is 0 Å². The molecule has 4 rings (SSSR count). The van der Waals surface area contributed by atoms with Gasteiger partial charge in [0.15, 0.2) is 0 Å². The van der Waals surface area contributed by atoms with Crippen molar-refractivity contribution in [3.63, 3.8) is 0 Å². The Morgan fingerprint density at radius 3 is 2.69 bits per heavy atom. The van der Waals surface area contributed by atoms with Gasteiger partial charge in [0.1, 0.15) is 11.9 Å². The van der Waals surface area contributed by atoms with Gasteiger partial charge < -0.3 is 19.4 Å². The van der Waals surface area contributed by atoms with Crippen molar-refractivity contribution in [3.05, 3.63) is 40.7 Å². The SMILES string of the molecule is CCN(CC)CCNC(=O)C1CCC2(CN(Cc3nc(-c4ccc(Cl)cc4)oc3C)C2)O1. The number of hydrogen-bond acceptors (Lipinski definition) is 6. The van der Waals surface area contributed by atoms with E-state index in [4.69, 9.17) is 25.7 Å². The maximum absolute atomic E-state index is 12.5. The average molecular weight is 461 g/mol. The standard InChI is InChI=1S/C24H33ClN4O3/c1-4-28(5-2)13-12-26-22(30)21-10-11-24(32-21)15-29(16-24)14-20-17(3)31-23(27-20)18-6-8-19(25)9-7-18/h6-9,21H,4-5,10-16H2,1-3H3,(H,26,30). The van der Waals surface area contributed by atoms with Gasteiger partial charge >= 0.3 is 0 Å². The molecule has 2 fully saturated rings. The molecule has 1 N–H and O–H groups in total. The van der Waals surface area contributed by atoms with Crippen LogP contribution in [-0.2, 0) is 16.1 Å². The van der Waals surface area contributed by atoms with Gasteiger partial charge in [-0.25, -0.2) is 4.98 Å². The van der Waals surface area contributed by atoms with Crippen LogP contribution in [0.25, 0.3) is 11.5 Å². The van der Waals surface area contributed by atoms with E-state index in [1.807, 2.05) is 31.2 Å². The maximum Gasteiger partial charge on any atom is 0.249 e. The lowest BCUT2D eigenvalue weighted by molar-refractivity contribution is -0.157. The van der Waals surface area contributed by atoms with Crippen molar-refractivity contribution in [2.45, 2.75) is 51.9 Å². The number of oxazole rings is 1. The largest absolute Gasteiger partial charge is 0.441 e. The zero-order valence-electron chi connectivity index (χ0n) is 19.2. The van der Waals surface area contributed by atoms with E-state index in [2.05, 4.69) is 29.0 Å². The molecule has 0 saturated carbocycles. The second-order valence-electron chi connectivity index (χ2n) is 8.82. The predicted octanol–water partition coefficient (Wildman–Crippen LogP) is 3.49. The quantitative estimate of drug-likeness (QED) is 0.617. The fourth-order valence-corrected chi connectivity index (χ4v) is 4.73. The first-order chi connectivity index (χ1) is 15.4. The normalized spacial score (nSPS) is 20.1. The molecular formula is C24H33ClN4O3. The number of carbonyl (C=O) groups is 1. The maximum atomic E-state index is 12.5. The molecule has 0 radical (unpaired) electrons. The molecule has 2 aromatic rings. The van der Waals surface area contributed by atoms with Gasteiger partial charge in [0.25, 0.3) is 0 Å². The second kappa shape index (κ2) is 9.91. The number of amides is 1. The molecule has 32 heavy (non-hydrogen) atoms. The molecule has 8 heteroatoms. The van der Waals surface area contributed by atoms with Gasteiger partial charge in [0, 0.05) is 43.3 Å². The Labute approximate surface area is 195 Å². The first kappa shape index (κ1) is 23.2. The van der Waals surface area contributed by atoms with Crippen LogP contribution in [0.1, 0.15) is 38.1 Å². The zero-order chi connectivity index (χ0) is 22.7. The number of aromatic nitrogens is 1. The third-order valence-electron chi connectivity index (χ3n) is 6.55. The molecule has 2 aliphatic rings.